The summed E-state index contributed by atoms with van der Waals surface area (Å²) in [6.07, 6.45) is 3.11. The number of rotatable bonds is 8. The highest BCUT2D eigenvalue weighted by atomic mass is 79.9. The lowest BCUT2D eigenvalue weighted by molar-refractivity contribution is -0.112. The number of halogens is 1. The van der Waals surface area contributed by atoms with Crippen molar-refractivity contribution in [3.8, 4) is 11.8 Å². The van der Waals surface area contributed by atoms with Gasteiger partial charge < -0.3 is 14.8 Å². The molecule has 0 spiro atoms. The number of carbonyl (C=O) groups is 2. The van der Waals surface area contributed by atoms with E-state index in [0.29, 0.717) is 33.6 Å². The first-order valence-electron chi connectivity index (χ1n) is 8.72. The predicted octanol–water partition coefficient (Wildman–Crippen LogP) is 4.74. The lowest BCUT2D eigenvalue weighted by Crippen LogP contribution is -2.13. The summed E-state index contributed by atoms with van der Waals surface area (Å²) in [7, 11) is 0. The Kier molecular flexibility index (Phi) is 8.19. The van der Waals surface area contributed by atoms with Crippen LogP contribution in [0.25, 0.3) is 6.08 Å². The Morgan fingerprint density at radius 3 is 2.55 bits per heavy atom. The number of anilines is 1. The molecule has 0 unspecified atom stereocenters. The van der Waals surface area contributed by atoms with Crippen molar-refractivity contribution in [1.29, 1.82) is 5.26 Å². The van der Waals surface area contributed by atoms with Crippen LogP contribution < -0.4 is 10.1 Å². The fourth-order valence-corrected chi connectivity index (χ4v) is 2.80. The van der Waals surface area contributed by atoms with E-state index in [-0.39, 0.29) is 12.2 Å². The molecule has 0 fully saturated rings. The third kappa shape index (κ3) is 6.33. The van der Waals surface area contributed by atoms with Crippen molar-refractivity contribution in [1.82, 2.24) is 0 Å². The van der Waals surface area contributed by atoms with E-state index in [1.807, 2.05) is 6.07 Å². The zero-order valence-corrected chi connectivity index (χ0v) is 17.4. The Labute approximate surface area is 177 Å². The molecule has 6 nitrogen and oxygen atoms in total. The molecule has 0 heterocycles. The van der Waals surface area contributed by atoms with E-state index in [4.69, 9.17) is 9.47 Å². The smallest absolute Gasteiger partial charge is 0.338 e. The van der Waals surface area contributed by atoms with Crippen molar-refractivity contribution >= 4 is 39.6 Å². The number of nitriles is 1. The number of ether oxygens (including phenoxy) is 2. The molecule has 7 heteroatoms. The van der Waals surface area contributed by atoms with Gasteiger partial charge in [0.15, 0.2) is 0 Å². The van der Waals surface area contributed by atoms with Crippen molar-refractivity contribution in [3.63, 3.8) is 0 Å². The Bertz CT molecular complexity index is 975. The van der Waals surface area contributed by atoms with Crippen LogP contribution in [0.3, 0.4) is 0 Å². The fourth-order valence-electron chi connectivity index (χ4n) is 2.29. The highest BCUT2D eigenvalue weighted by Gasteiger charge is 2.12. The lowest BCUT2D eigenvalue weighted by atomic mass is 10.1. The van der Waals surface area contributed by atoms with Gasteiger partial charge in [0.25, 0.3) is 5.91 Å². The Balaban J connectivity index is 2.12. The molecule has 0 radical (unpaired) electrons. The summed E-state index contributed by atoms with van der Waals surface area (Å²) in [6.45, 7) is 5.97. The molecule has 0 saturated heterocycles. The van der Waals surface area contributed by atoms with Crippen LogP contribution in [0.2, 0.25) is 0 Å². The molecule has 148 valence electrons. The van der Waals surface area contributed by atoms with E-state index in [1.165, 1.54) is 6.08 Å². The maximum absolute atomic E-state index is 12.4. The second-order valence-corrected chi connectivity index (χ2v) is 6.57. The number of benzene rings is 2. The monoisotopic (exact) mass is 454 g/mol. The van der Waals surface area contributed by atoms with Crippen molar-refractivity contribution in [3.05, 3.63) is 76.3 Å². The molecule has 1 N–H and O–H groups in total. The van der Waals surface area contributed by atoms with Gasteiger partial charge in [-0.25, -0.2) is 4.79 Å². The molecule has 1 amide bonds. The molecule has 0 saturated carbocycles. The molecular weight excluding hydrogens is 436 g/mol. The van der Waals surface area contributed by atoms with Crippen molar-refractivity contribution in [2.45, 2.75) is 6.92 Å². The third-order valence-electron chi connectivity index (χ3n) is 3.64. The fraction of sp³-hybridized carbons (Fsp3) is 0.136. The lowest BCUT2D eigenvalue weighted by Gasteiger charge is -2.08. The molecular formula is C22H19BrN2O4. The topological polar surface area (TPSA) is 88.4 Å². The van der Waals surface area contributed by atoms with Crippen LogP contribution in [0.5, 0.6) is 5.75 Å². The maximum Gasteiger partial charge on any atom is 0.338 e. The standard InChI is InChI=1S/C22H19BrN2O4/c1-3-11-29-20-10-5-15(13-19(20)23)12-17(14-24)21(26)25-18-8-6-16(7-9-18)22(27)28-4-2/h3,5-10,12-13H,1,4,11H2,2H3,(H,25,26)/b17-12+. The molecule has 0 aliphatic heterocycles. The molecule has 0 atom stereocenters. The first-order chi connectivity index (χ1) is 14.0. The second kappa shape index (κ2) is 10.8. The minimum Gasteiger partial charge on any atom is -0.488 e. The van der Waals surface area contributed by atoms with Crippen LogP contribution in [-0.4, -0.2) is 25.1 Å². The largest absolute Gasteiger partial charge is 0.488 e. The maximum atomic E-state index is 12.4. The summed E-state index contributed by atoms with van der Waals surface area (Å²) >= 11 is 3.40. The van der Waals surface area contributed by atoms with Gasteiger partial charge in [0.2, 0.25) is 0 Å². The van der Waals surface area contributed by atoms with Gasteiger partial charge in [-0.3, -0.25) is 4.79 Å². The average molecular weight is 455 g/mol. The predicted molar refractivity (Wildman–Crippen MR) is 114 cm³/mol. The Morgan fingerprint density at radius 1 is 1.24 bits per heavy atom. The minimum atomic E-state index is -0.556. The third-order valence-corrected chi connectivity index (χ3v) is 4.26. The van der Waals surface area contributed by atoms with Gasteiger partial charge in [-0.1, -0.05) is 18.7 Å². The van der Waals surface area contributed by atoms with Crippen LogP contribution in [0.15, 0.2) is 65.2 Å². The van der Waals surface area contributed by atoms with Gasteiger partial charge in [0.05, 0.1) is 16.6 Å². The van der Waals surface area contributed by atoms with E-state index in [2.05, 4.69) is 27.8 Å². The Hall–Kier alpha value is -3.37. The van der Waals surface area contributed by atoms with Crippen molar-refractivity contribution in [2.24, 2.45) is 0 Å². The van der Waals surface area contributed by atoms with Crippen LogP contribution in [0, 0.1) is 11.3 Å². The molecule has 2 aromatic carbocycles. The first-order valence-corrected chi connectivity index (χ1v) is 9.51. The quantitative estimate of drug-likeness (QED) is 0.269. The summed E-state index contributed by atoms with van der Waals surface area (Å²) in [5, 5.41) is 12.0. The van der Waals surface area contributed by atoms with Gasteiger partial charge in [0, 0.05) is 5.69 Å². The molecule has 0 aliphatic rings. The number of amides is 1. The summed E-state index contributed by atoms with van der Waals surface area (Å²) in [5.74, 6) is -0.361. The number of nitrogens with zero attached hydrogens (tertiary/aromatic N) is 1. The van der Waals surface area contributed by atoms with E-state index in [9.17, 15) is 14.9 Å². The highest BCUT2D eigenvalue weighted by molar-refractivity contribution is 9.10. The summed E-state index contributed by atoms with van der Waals surface area (Å²) in [6, 6.07) is 13.4. The zero-order valence-electron chi connectivity index (χ0n) is 15.8. The number of esters is 1. The van der Waals surface area contributed by atoms with Crippen LogP contribution in [-0.2, 0) is 9.53 Å². The normalized spacial score (nSPS) is 10.6. The molecule has 0 bridgehead atoms. The van der Waals surface area contributed by atoms with Gasteiger partial charge in [0.1, 0.15) is 24.0 Å². The number of hydrogen-bond acceptors (Lipinski definition) is 5. The van der Waals surface area contributed by atoms with Gasteiger partial charge in [-0.05, 0) is 70.9 Å². The van der Waals surface area contributed by atoms with Gasteiger partial charge in [-0.2, -0.15) is 5.26 Å². The Morgan fingerprint density at radius 2 is 1.97 bits per heavy atom. The average Bonchev–Trinajstić information content (AvgIpc) is 2.72. The van der Waals surface area contributed by atoms with Gasteiger partial charge >= 0.3 is 5.97 Å². The zero-order chi connectivity index (χ0) is 21.2. The molecule has 2 rings (SSSR count). The molecule has 0 aliphatic carbocycles. The van der Waals surface area contributed by atoms with Crippen molar-refractivity contribution < 1.29 is 19.1 Å². The molecule has 2 aromatic rings. The number of carbonyl (C=O) groups excluding carboxylic acids is 2. The summed E-state index contributed by atoms with van der Waals surface area (Å²) in [4.78, 5) is 24.1. The number of nitrogens with one attached hydrogen (secondary N) is 1. The van der Waals surface area contributed by atoms with E-state index in [1.54, 1.807) is 55.5 Å². The summed E-state index contributed by atoms with van der Waals surface area (Å²) < 4.78 is 11.1. The van der Waals surface area contributed by atoms with E-state index in [0.717, 1.165) is 0 Å². The molecule has 29 heavy (non-hydrogen) atoms. The minimum absolute atomic E-state index is 0.0638. The van der Waals surface area contributed by atoms with Crippen LogP contribution >= 0.6 is 15.9 Å². The summed E-state index contributed by atoms with van der Waals surface area (Å²) in [5.41, 5.74) is 1.43. The number of hydrogen-bond donors (Lipinski definition) is 1. The van der Waals surface area contributed by atoms with Crippen molar-refractivity contribution in [2.75, 3.05) is 18.5 Å². The first kappa shape index (κ1) is 21.9. The second-order valence-electron chi connectivity index (χ2n) is 5.71. The van der Waals surface area contributed by atoms with E-state index >= 15 is 0 Å². The SMILES string of the molecule is C=CCOc1ccc(/C=C(\C#N)C(=O)Nc2ccc(C(=O)OCC)cc2)cc1Br. The van der Waals surface area contributed by atoms with Crippen LogP contribution in [0.4, 0.5) is 5.69 Å². The highest BCUT2D eigenvalue weighted by Crippen LogP contribution is 2.27. The van der Waals surface area contributed by atoms with Gasteiger partial charge in [-0.15, -0.1) is 0 Å². The van der Waals surface area contributed by atoms with Crippen LogP contribution in [0.1, 0.15) is 22.8 Å². The molecule has 0 aromatic heterocycles. The van der Waals surface area contributed by atoms with E-state index < -0.39 is 11.9 Å².